The summed E-state index contributed by atoms with van der Waals surface area (Å²) in [4.78, 5) is 5.68. The van der Waals surface area contributed by atoms with E-state index in [9.17, 15) is 0 Å². The first-order chi connectivity index (χ1) is 12.9. The Morgan fingerprint density at radius 3 is 2.50 bits per heavy atom. The van der Waals surface area contributed by atoms with Gasteiger partial charge in [-0.05, 0) is 60.5 Å². The average molecular weight is 349 g/mol. The molecule has 0 spiro atoms. The number of hydrogen-bond donors (Lipinski definition) is 0. The normalized spacial score (nSPS) is 28.5. The number of hydrogen-bond acceptors (Lipinski definition) is 2. The van der Waals surface area contributed by atoms with Crippen LogP contribution in [-0.4, -0.2) is 41.5 Å². The van der Waals surface area contributed by atoms with Gasteiger partial charge in [0.15, 0.2) is 0 Å². The molecule has 2 atom stereocenters. The van der Waals surface area contributed by atoms with Crippen molar-refractivity contribution in [2.24, 2.45) is 5.92 Å². The highest BCUT2D eigenvalue weighted by molar-refractivity contribution is 5.82. The quantitative estimate of drug-likeness (QED) is 0.764. The summed E-state index contributed by atoms with van der Waals surface area (Å²) in [6, 6.07) is 17.5. The highest BCUT2D eigenvalue weighted by atomic mass is 15.3. The van der Waals surface area contributed by atoms with Crippen molar-refractivity contribution in [2.75, 3.05) is 19.6 Å². The molecule has 1 aliphatic carbocycles. The second kappa shape index (κ2) is 7.32. The molecule has 5 rings (SSSR count). The molecule has 2 saturated heterocycles. The lowest BCUT2D eigenvalue weighted by Gasteiger charge is -2.49. The number of benzene rings is 2. The van der Waals surface area contributed by atoms with Gasteiger partial charge in [0, 0.05) is 31.7 Å². The van der Waals surface area contributed by atoms with Crippen LogP contribution in [0.15, 0.2) is 42.5 Å². The van der Waals surface area contributed by atoms with Crippen LogP contribution < -0.4 is 0 Å². The largest absolute Gasteiger partial charge is 0.298 e. The van der Waals surface area contributed by atoms with Crippen LogP contribution in [0.2, 0.25) is 0 Å². The molecule has 0 amide bonds. The second-order valence-corrected chi connectivity index (χ2v) is 8.79. The van der Waals surface area contributed by atoms with Crippen LogP contribution in [0.4, 0.5) is 0 Å². The summed E-state index contributed by atoms with van der Waals surface area (Å²) in [5.41, 5.74) is 1.50. The standard InChI is InChI=1S/C24H32N2/c1-2-8-21(9-3-1)24-23-11-6-14-25(23)15-16-26(24)18-19-12-13-20-7-4-5-10-22(20)17-19/h4-5,7,10,12-13,17,21,23-24H,1-3,6,8-9,11,14-16,18H2. The molecule has 26 heavy (non-hydrogen) atoms. The fourth-order valence-electron chi connectivity index (χ4n) is 6.01. The third-order valence-corrected chi connectivity index (χ3v) is 7.24. The monoisotopic (exact) mass is 348 g/mol. The van der Waals surface area contributed by atoms with Crippen LogP contribution in [-0.2, 0) is 6.54 Å². The molecule has 0 N–H and O–H groups in total. The first-order valence-corrected chi connectivity index (χ1v) is 10.8. The highest BCUT2D eigenvalue weighted by Gasteiger charge is 2.42. The van der Waals surface area contributed by atoms with Gasteiger partial charge in [0.1, 0.15) is 0 Å². The fraction of sp³-hybridized carbons (Fsp3) is 0.583. The zero-order valence-electron chi connectivity index (χ0n) is 15.9. The van der Waals surface area contributed by atoms with Gasteiger partial charge in [-0.1, -0.05) is 55.7 Å². The number of nitrogens with zero attached hydrogens (tertiary/aromatic N) is 2. The maximum atomic E-state index is 2.87. The maximum Gasteiger partial charge on any atom is 0.0283 e. The Kier molecular flexibility index (Phi) is 4.72. The van der Waals surface area contributed by atoms with Crippen LogP contribution in [0.5, 0.6) is 0 Å². The topological polar surface area (TPSA) is 6.48 Å². The first-order valence-electron chi connectivity index (χ1n) is 10.8. The highest BCUT2D eigenvalue weighted by Crippen LogP contribution is 2.38. The number of piperazine rings is 1. The van der Waals surface area contributed by atoms with Gasteiger partial charge in [0.05, 0.1) is 0 Å². The predicted octanol–water partition coefficient (Wildman–Crippen LogP) is 5.07. The van der Waals surface area contributed by atoms with E-state index in [1.165, 1.54) is 80.9 Å². The summed E-state index contributed by atoms with van der Waals surface area (Å²) in [6.45, 7) is 5.01. The zero-order valence-corrected chi connectivity index (χ0v) is 15.9. The molecule has 2 aromatic carbocycles. The first kappa shape index (κ1) is 16.8. The van der Waals surface area contributed by atoms with E-state index in [4.69, 9.17) is 0 Å². The van der Waals surface area contributed by atoms with Gasteiger partial charge >= 0.3 is 0 Å². The molecule has 2 nitrogen and oxygen atoms in total. The molecule has 0 radical (unpaired) electrons. The smallest absolute Gasteiger partial charge is 0.0283 e. The summed E-state index contributed by atoms with van der Waals surface area (Å²) in [5, 5.41) is 2.75. The molecule has 2 aromatic rings. The molecule has 0 aromatic heterocycles. The van der Waals surface area contributed by atoms with Gasteiger partial charge in [0.2, 0.25) is 0 Å². The van der Waals surface area contributed by atoms with E-state index >= 15 is 0 Å². The predicted molar refractivity (Wildman–Crippen MR) is 109 cm³/mol. The van der Waals surface area contributed by atoms with Gasteiger partial charge < -0.3 is 0 Å². The lowest BCUT2D eigenvalue weighted by molar-refractivity contribution is -0.00377. The molecule has 2 aliphatic heterocycles. The minimum atomic E-state index is 0.790. The second-order valence-electron chi connectivity index (χ2n) is 8.79. The summed E-state index contributed by atoms with van der Waals surface area (Å²) < 4.78 is 0. The van der Waals surface area contributed by atoms with Crippen molar-refractivity contribution in [1.29, 1.82) is 0 Å². The summed E-state index contributed by atoms with van der Waals surface area (Å²) in [7, 11) is 0. The van der Waals surface area contributed by atoms with Crippen LogP contribution in [0.1, 0.15) is 50.5 Å². The third kappa shape index (κ3) is 3.18. The van der Waals surface area contributed by atoms with Crippen LogP contribution in [0.3, 0.4) is 0 Å². The molecule has 3 fully saturated rings. The molecule has 0 bridgehead atoms. The van der Waals surface area contributed by atoms with E-state index in [2.05, 4.69) is 52.3 Å². The van der Waals surface area contributed by atoms with Crippen molar-refractivity contribution in [1.82, 2.24) is 9.80 Å². The molecule has 138 valence electrons. The molecule has 2 unspecified atom stereocenters. The summed E-state index contributed by atoms with van der Waals surface area (Å²) in [6.07, 6.45) is 10.1. The van der Waals surface area contributed by atoms with Crippen molar-refractivity contribution in [2.45, 2.75) is 63.6 Å². The molecular weight excluding hydrogens is 316 g/mol. The number of fused-ring (bicyclic) bond motifs is 2. The van der Waals surface area contributed by atoms with E-state index < -0.39 is 0 Å². The van der Waals surface area contributed by atoms with E-state index in [1.54, 1.807) is 0 Å². The molecule has 1 saturated carbocycles. The Labute approximate surface area is 158 Å². The van der Waals surface area contributed by atoms with Crippen LogP contribution in [0.25, 0.3) is 10.8 Å². The summed E-state index contributed by atoms with van der Waals surface area (Å²) >= 11 is 0. The van der Waals surface area contributed by atoms with E-state index in [0.717, 1.165) is 24.5 Å². The Balaban J connectivity index is 1.41. The lowest BCUT2D eigenvalue weighted by Crippen LogP contribution is -2.59. The van der Waals surface area contributed by atoms with Crippen molar-refractivity contribution in [3.63, 3.8) is 0 Å². The minimum Gasteiger partial charge on any atom is -0.298 e. The summed E-state index contributed by atoms with van der Waals surface area (Å²) in [5.74, 6) is 0.926. The molecule has 3 aliphatic rings. The zero-order chi connectivity index (χ0) is 17.3. The maximum absolute atomic E-state index is 2.87. The lowest BCUT2D eigenvalue weighted by atomic mass is 9.78. The van der Waals surface area contributed by atoms with Crippen molar-refractivity contribution in [3.8, 4) is 0 Å². The molecular formula is C24H32N2. The van der Waals surface area contributed by atoms with Crippen molar-refractivity contribution < 1.29 is 0 Å². The Morgan fingerprint density at radius 1 is 0.769 bits per heavy atom. The SMILES string of the molecule is c1ccc2cc(CN3CCN4CCCC4C3C3CCCCC3)ccc2c1. The van der Waals surface area contributed by atoms with Crippen LogP contribution >= 0.6 is 0 Å². The van der Waals surface area contributed by atoms with Gasteiger partial charge in [-0.15, -0.1) is 0 Å². The van der Waals surface area contributed by atoms with Crippen LogP contribution in [0, 0.1) is 5.92 Å². The van der Waals surface area contributed by atoms with Gasteiger partial charge in [-0.2, -0.15) is 0 Å². The fourth-order valence-corrected chi connectivity index (χ4v) is 6.01. The van der Waals surface area contributed by atoms with Crippen molar-refractivity contribution in [3.05, 3.63) is 48.0 Å². The van der Waals surface area contributed by atoms with Gasteiger partial charge in [0.25, 0.3) is 0 Å². The van der Waals surface area contributed by atoms with Gasteiger partial charge in [-0.3, -0.25) is 9.80 Å². The van der Waals surface area contributed by atoms with Crippen molar-refractivity contribution >= 4 is 10.8 Å². The average Bonchev–Trinajstić information content (AvgIpc) is 3.17. The Hall–Kier alpha value is -1.38. The molecule has 2 heteroatoms. The van der Waals surface area contributed by atoms with E-state index in [-0.39, 0.29) is 0 Å². The third-order valence-electron chi connectivity index (χ3n) is 7.24. The van der Waals surface area contributed by atoms with Gasteiger partial charge in [-0.25, -0.2) is 0 Å². The Morgan fingerprint density at radius 2 is 1.62 bits per heavy atom. The van der Waals surface area contributed by atoms with E-state index in [1.807, 2.05) is 0 Å². The Bertz CT molecular complexity index is 749. The molecule has 2 heterocycles. The number of rotatable bonds is 3. The van der Waals surface area contributed by atoms with E-state index in [0.29, 0.717) is 0 Å². The minimum absolute atomic E-state index is 0.790.